The van der Waals surface area contributed by atoms with Gasteiger partial charge in [-0.25, -0.2) is 9.79 Å². The zero-order chi connectivity index (χ0) is 13.8. The number of aliphatic imine (C=N–C) groups is 1. The molecule has 6 heteroatoms. The molecule has 2 rings (SSSR count). The van der Waals surface area contributed by atoms with Gasteiger partial charge in [-0.1, -0.05) is 11.8 Å². The lowest BCUT2D eigenvalue weighted by atomic mass is 10.3. The van der Waals surface area contributed by atoms with Crippen LogP contribution in [0.4, 0.5) is 5.69 Å². The molecule has 1 unspecified atom stereocenters. The van der Waals surface area contributed by atoms with Gasteiger partial charge in [-0.15, -0.1) is 0 Å². The van der Waals surface area contributed by atoms with Gasteiger partial charge in [-0.3, -0.25) is 0 Å². The maximum atomic E-state index is 11.9. The summed E-state index contributed by atoms with van der Waals surface area (Å²) >= 11 is 1.34. The molecule has 1 aliphatic heterocycles. The minimum Gasteiger partial charge on any atom is -0.508 e. The molecule has 0 aliphatic carbocycles. The Morgan fingerprint density at radius 3 is 2.89 bits per heavy atom. The third-order valence-corrected chi connectivity index (χ3v) is 3.60. The number of fused-ring (bicyclic) bond motifs is 1. The number of aromatic hydroxyl groups is 1. The lowest BCUT2D eigenvalue weighted by Gasteiger charge is -2.22. The zero-order valence-electron chi connectivity index (χ0n) is 10.8. The molecule has 0 aromatic heterocycles. The molecule has 1 aromatic carbocycles. The molecule has 1 N–H and O–H groups in total. The van der Waals surface area contributed by atoms with E-state index in [-0.39, 0.29) is 11.5 Å². The Bertz CT molecular complexity index is 515. The number of esters is 1. The van der Waals surface area contributed by atoms with Crippen molar-refractivity contribution in [3.05, 3.63) is 18.2 Å². The number of hydrogen-bond acceptors (Lipinski definition) is 6. The number of benzene rings is 1. The average Bonchev–Trinajstić information content (AvgIpc) is 2.38. The van der Waals surface area contributed by atoms with E-state index in [9.17, 15) is 9.90 Å². The summed E-state index contributed by atoms with van der Waals surface area (Å²) in [6.07, 6.45) is 0. The van der Waals surface area contributed by atoms with Gasteiger partial charge in [-0.05, 0) is 32.0 Å². The molecule has 0 saturated heterocycles. The molecule has 0 saturated carbocycles. The van der Waals surface area contributed by atoms with Gasteiger partial charge in [0.1, 0.15) is 5.75 Å². The lowest BCUT2D eigenvalue weighted by Crippen LogP contribution is -2.31. The summed E-state index contributed by atoms with van der Waals surface area (Å²) in [5.74, 6) is -0.302. The van der Waals surface area contributed by atoms with Crippen LogP contribution in [0.3, 0.4) is 0 Å². The van der Waals surface area contributed by atoms with E-state index in [1.807, 2.05) is 6.92 Å². The first-order valence-corrected chi connectivity index (χ1v) is 6.90. The summed E-state index contributed by atoms with van der Waals surface area (Å²) in [5, 5.41) is 9.47. The van der Waals surface area contributed by atoms with E-state index in [1.54, 1.807) is 19.1 Å². The van der Waals surface area contributed by atoms with Crippen molar-refractivity contribution in [2.45, 2.75) is 24.2 Å². The molecule has 1 aromatic rings. The molecule has 19 heavy (non-hydrogen) atoms. The van der Waals surface area contributed by atoms with E-state index in [0.29, 0.717) is 18.9 Å². The predicted molar refractivity (Wildman–Crippen MR) is 73.1 cm³/mol. The first-order valence-electron chi connectivity index (χ1n) is 6.02. The highest BCUT2D eigenvalue weighted by Crippen LogP contribution is 2.40. The quantitative estimate of drug-likeness (QED) is 0.859. The number of phenols is 1. The van der Waals surface area contributed by atoms with Crippen LogP contribution in [-0.4, -0.2) is 35.4 Å². The summed E-state index contributed by atoms with van der Waals surface area (Å²) in [5.41, 5.74) is 0.395. The van der Waals surface area contributed by atoms with Crippen molar-refractivity contribution < 1.29 is 19.4 Å². The molecule has 0 bridgehead atoms. The highest BCUT2D eigenvalue weighted by Gasteiger charge is 2.30. The number of carbonyl (C=O) groups excluding carboxylic acids is 1. The Morgan fingerprint density at radius 1 is 1.42 bits per heavy atom. The molecule has 1 heterocycles. The smallest absolute Gasteiger partial charge is 0.356 e. The van der Waals surface area contributed by atoms with E-state index >= 15 is 0 Å². The summed E-state index contributed by atoms with van der Waals surface area (Å²) in [4.78, 5) is 16.9. The molecular weight excluding hydrogens is 266 g/mol. The maximum Gasteiger partial charge on any atom is 0.356 e. The second-order valence-electron chi connectivity index (χ2n) is 3.77. The molecule has 0 spiro atoms. The standard InChI is InChI=1S/C13H15NO4S/c1-3-17-12(16)11-13(18-4-2)19-10-7-8(15)5-6-9(10)14-11/h5-7,13,15H,3-4H2,1-2H3. The van der Waals surface area contributed by atoms with Crippen LogP contribution in [0.5, 0.6) is 5.75 Å². The van der Waals surface area contributed by atoms with Crippen LogP contribution in [-0.2, 0) is 14.3 Å². The number of carbonyl (C=O) groups is 1. The molecule has 1 atom stereocenters. The number of rotatable bonds is 4. The van der Waals surface area contributed by atoms with Gasteiger partial charge in [0.05, 0.1) is 12.3 Å². The van der Waals surface area contributed by atoms with Crippen molar-refractivity contribution >= 4 is 29.1 Å². The summed E-state index contributed by atoms with van der Waals surface area (Å²) in [6.45, 7) is 4.35. The van der Waals surface area contributed by atoms with E-state index in [0.717, 1.165) is 4.90 Å². The Morgan fingerprint density at radius 2 is 2.21 bits per heavy atom. The van der Waals surface area contributed by atoms with Crippen LogP contribution >= 0.6 is 11.8 Å². The summed E-state index contributed by atoms with van der Waals surface area (Å²) in [6, 6.07) is 4.81. The number of ether oxygens (including phenoxy) is 2. The van der Waals surface area contributed by atoms with Gasteiger partial charge in [-0.2, -0.15) is 0 Å². The van der Waals surface area contributed by atoms with Crippen LogP contribution in [0.15, 0.2) is 28.1 Å². The van der Waals surface area contributed by atoms with Gasteiger partial charge in [0, 0.05) is 11.5 Å². The second kappa shape index (κ2) is 6.08. The van der Waals surface area contributed by atoms with E-state index in [1.165, 1.54) is 17.8 Å². The Hall–Kier alpha value is -1.53. The van der Waals surface area contributed by atoms with Crippen LogP contribution in [0, 0.1) is 0 Å². The summed E-state index contributed by atoms with van der Waals surface area (Å²) < 4.78 is 10.5. The fourth-order valence-corrected chi connectivity index (χ4v) is 2.77. The van der Waals surface area contributed by atoms with Crippen LogP contribution < -0.4 is 0 Å². The van der Waals surface area contributed by atoms with Gasteiger partial charge in [0.15, 0.2) is 11.1 Å². The summed E-state index contributed by atoms with van der Waals surface area (Å²) in [7, 11) is 0. The minimum absolute atomic E-state index is 0.163. The first-order chi connectivity index (χ1) is 9.15. The van der Waals surface area contributed by atoms with E-state index in [2.05, 4.69) is 4.99 Å². The third-order valence-electron chi connectivity index (χ3n) is 2.44. The lowest BCUT2D eigenvalue weighted by molar-refractivity contribution is -0.135. The Kier molecular flexibility index (Phi) is 4.44. The van der Waals surface area contributed by atoms with Gasteiger partial charge < -0.3 is 14.6 Å². The van der Waals surface area contributed by atoms with Crippen LogP contribution in [0.25, 0.3) is 0 Å². The number of thioether (sulfide) groups is 1. The first kappa shape index (κ1) is 13.9. The molecular formula is C13H15NO4S. The predicted octanol–water partition coefficient (Wildman–Crippen LogP) is 2.50. The topological polar surface area (TPSA) is 68.1 Å². The molecule has 0 fully saturated rings. The van der Waals surface area contributed by atoms with Crippen LogP contribution in [0.2, 0.25) is 0 Å². The SMILES string of the molecule is CCOC(=O)C1=Nc2ccc(O)cc2SC1OCC. The molecule has 0 amide bonds. The zero-order valence-corrected chi connectivity index (χ0v) is 11.6. The average molecular weight is 281 g/mol. The van der Waals surface area contributed by atoms with Crippen molar-refractivity contribution in [3.63, 3.8) is 0 Å². The largest absolute Gasteiger partial charge is 0.508 e. The number of nitrogens with zero attached hydrogens (tertiary/aromatic N) is 1. The Balaban J connectivity index is 2.36. The van der Waals surface area contributed by atoms with Crippen molar-refractivity contribution in [1.29, 1.82) is 0 Å². The molecule has 5 nitrogen and oxygen atoms in total. The minimum atomic E-state index is -0.502. The van der Waals surface area contributed by atoms with Crippen molar-refractivity contribution in [1.82, 2.24) is 0 Å². The fourth-order valence-electron chi connectivity index (χ4n) is 1.65. The van der Waals surface area contributed by atoms with Crippen LogP contribution in [0.1, 0.15) is 13.8 Å². The van der Waals surface area contributed by atoms with E-state index in [4.69, 9.17) is 9.47 Å². The highest BCUT2D eigenvalue weighted by atomic mass is 32.2. The fraction of sp³-hybridized carbons (Fsp3) is 0.385. The monoisotopic (exact) mass is 281 g/mol. The normalized spacial score (nSPS) is 17.6. The molecule has 102 valence electrons. The third kappa shape index (κ3) is 3.08. The van der Waals surface area contributed by atoms with Gasteiger partial charge >= 0.3 is 5.97 Å². The number of phenolic OH excluding ortho intramolecular Hbond substituents is 1. The molecule has 0 radical (unpaired) electrons. The molecule has 1 aliphatic rings. The van der Waals surface area contributed by atoms with E-state index < -0.39 is 11.4 Å². The maximum absolute atomic E-state index is 11.9. The van der Waals surface area contributed by atoms with Gasteiger partial charge in [0.25, 0.3) is 0 Å². The van der Waals surface area contributed by atoms with Crippen molar-refractivity contribution in [2.24, 2.45) is 4.99 Å². The highest BCUT2D eigenvalue weighted by molar-refractivity contribution is 8.00. The Labute approximate surface area is 115 Å². The van der Waals surface area contributed by atoms with Crippen molar-refractivity contribution in [3.8, 4) is 5.75 Å². The van der Waals surface area contributed by atoms with Gasteiger partial charge in [0.2, 0.25) is 0 Å². The second-order valence-corrected chi connectivity index (χ2v) is 4.88. The van der Waals surface area contributed by atoms with Crippen molar-refractivity contribution in [2.75, 3.05) is 13.2 Å². The number of hydrogen-bond donors (Lipinski definition) is 1.